The molecule has 0 spiro atoms. The number of alkyl halides is 3. The minimum absolute atomic E-state index is 0.0727. The highest BCUT2D eigenvalue weighted by molar-refractivity contribution is 9.10. The molecule has 0 N–H and O–H groups in total. The molecular formula is C23H21BrClF3N4O2. The molecule has 180 valence electrons. The summed E-state index contributed by atoms with van der Waals surface area (Å²) >= 11 is 9.52. The monoisotopic (exact) mass is 556 g/mol. The van der Waals surface area contributed by atoms with Crippen molar-refractivity contribution in [1.82, 2.24) is 14.7 Å². The lowest BCUT2D eigenvalue weighted by atomic mass is 10.1. The highest BCUT2D eigenvalue weighted by Crippen LogP contribution is 2.39. The highest BCUT2D eigenvalue weighted by atomic mass is 79.9. The molecule has 0 aliphatic carbocycles. The summed E-state index contributed by atoms with van der Waals surface area (Å²) in [6.07, 6.45) is -4.73. The van der Waals surface area contributed by atoms with Crippen LogP contribution in [0.15, 0.2) is 53.0 Å². The van der Waals surface area contributed by atoms with Crippen molar-refractivity contribution < 1.29 is 22.7 Å². The number of nitrogens with zero attached hydrogens (tertiary/aromatic N) is 4. The molecule has 34 heavy (non-hydrogen) atoms. The fraction of sp³-hybridized carbons (Fsp3) is 0.304. The molecule has 1 amide bonds. The van der Waals surface area contributed by atoms with Crippen molar-refractivity contribution in [3.05, 3.63) is 63.7 Å². The summed E-state index contributed by atoms with van der Waals surface area (Å²) in [6, 6.07) is 14.2. The van der Waals surface area contributed by atoms with Crippen LogP contribution in [0.3, 0.4) is 0 Å². The molecule has 2 aromatic carbocycles. The van der Waals surface area contributed by atoms with Gasteiger partial charge in [-0.1, -0.05) is 41.9 Å². The maximum Gasteiger partial charge on any atom is 0.436 e. The zero-order chi connectivity index (χ0) is 24.5. The quantitative estimate of drug-likeness (QED) is 0.425. The van der Waals surface area contributed by atoms with Crippen molar-refractivity contribution in [2.24, 2.45) is 0 Å². The number of methoxy groups -OCH3 is 1. The van der Waals surface area contributed by atoms with E-state index in [0.29, 0.717) is 37.5 Å². The first-order chi connectivity index (χ1) is 16.2. The largest absolute Gasteiger partial charge is 0.495 e. The lowest BCUT2D eigenvalue weighted by molar-refractivity contribution is -0.142. The predicted octanol–water partition coefficient (Wildman–Crippen LogP) is 5.34. The van der Waals surface area contributed by atoms with Crippen molar-refractivity contribution in [2.45, 2.75) is 12.7 Å². The van der Waals surface area contributed by atoms with Gasteiger partial charge in [0.05, 0.1) is 22.3 Å². The van der Waals surface area contributed by atoms with Gasteiger partial charge in [0.1, 0.15) is 12.3 Å². The number of amides is 1. The van der Waals surface area contributed by atoms with E-state index in [4.69, 9.17) is 16.3 Å². The van der Waals surface area contributed by atoms with E-state index >= 15 is 0 Å². The fourth-order valence-electron chi connectivity index (χ4n) is 3.89. The number of anilines is 1. The third kappa shape index (κ3) is 5.02. The summed E-state index contributed by atoms with van der Waals surface area (Å²) in [6.45, 7) is 1.68. The van der Waals surface area contributed by atoms with Gasteiger partial charge in [0.15, 0.2) is 5.69 Å². The van der Waals surface area contributed by atoms with Gasteiger partial charge in [-0.05, 0) is 28.1 Å². The van der Waals surface area contributed by atoms with Crippen LogP contribution in [0.5, 0.6) is 5.75 Å². The predicted molar refractivity (Wildman–Crippen MR) is 127 cm³/mol. The molecule has 4 rings (SSSR count). The fourth-order valence-corrected chi connectivity index (χ4v) is 4.65. The number of carbonyl (C=O) groups excluding carboxylic acids is 1. The Morgan fingerprint density at radius 2 is 1.79 bits per heavy atom. The molecule has 1 aromatic heterocycles. The standard InChI is InChI=1S/C23H21BrClF3N4O2/c1-34-18-13-16(7-8-17(18)24)30-9-11-31(12-10-30)19(33)14-32-21(15-5-3-2-4-6-15)20(25)22(29-32)23(26,27)28/h2-8,13H,9-12,14H2,1H3. The molecular weight excluding hydrogens is 537 g/mol. The Morgan fingerprint density at radius 3 is 2.41 bits per heavy atom. The number of benzene rings is 2. The summed E-state index contributed by atoms with van der Waals surface area (Å²) in [7, 11) is 1.59. The Labute approximate surface area is 208 Å². The summed E-state index contributed by atoms with van der Waals surface area (Å²) in [5.41, 5.74) is 0.294. The second kappa shape index (κ2) is 9.87. The Hall–Kier alpha value is -2.72. The van der Waals surface area contributed by atoms with Crippen molar-refractivity contribution >= 4 is 39.1 Å². The number of piperazine rings is 1. The molecule has 1 aliphatic heterocycles. The Balaban J connectivity index is 1.50. The van der Waals surface area contributed by atoms with Crippen LogP contribution >= 0.6 is 27.5 Å². The Morgan fingerprint density at radius 1 is 1.12 bits per heavy atom. The van der Waals surface area contributed by atoms with Crippen LogP contribution in [0, 0.1) is 0 Å². The Bertz CT molecular complexity index is 1180. The minimum Gasteiger partial charge on any atom is -0.495 e. The van der Waals surface area contributed by atoms with Crippen molar-refractivity contribution in [3.8, 4) is 17.0 Å². The maximum absolute atomic E-state index is 13.5. The van der Waals surface area contributed by atoms with Gasteiger partial charge in [-0.2, -0.15) is 18.3 Å². The SMILES string of the molecule is COc1cc(N2CCN(C(=O)Cn3nc(C(F)(F)F)c(Cl)c3-c3ccccc3)CC2)ccc1Br. The maximum atomic E-state index is 13.5. The van der Waals surface area contributed by atoms with E-state index in [1.165, 1.54) is 0 Å². The number of rotatable bonds is 5. The summed E-state index contributed by atoms with van der Waals surface area (Å²) < 4.78 is 47.6. The summed E-state index contributed by atoms with van der Waals surface area (Å²) in [5, 5.41) is 3.15. The first kappa shape index (κ1) is 24.4. The number of hydrogen-bond donors (Lipinski definition) is 0. The van der Waals surface area contributed by atoms with Crippen LogP contribution in [-0.4, -0.2) is 53.9 Å². The van der Waals surface area contributed by atoms with Crippen LogP contribution in [0.4, 0.5) is 18.9 Å². The molecule has 3 aromatic rings. The average molecular weight is 558 g/mol. The van der Waals surface area contributed by atoms with Crippen molar-refractivity contribution in [1.29, 1.82) is 0 Å². The molecule has 6 nitrogen and oxygen atoms in total. The number of aromatic nitrogens is 2. The van der Waals surface area contributed by atoms with E-state index in [-0.39, 0.29) is 18.1 Å². The molecule has 0 unspecified atom stereocenters. The number of hydrogen-bond acceptors (Lipinski definition) is 4. The van der Waals surface area contributed by atoms with Gasteiger partial charge in [0, 0.05) is 43.5 Å². The van der Waals surface area contributed by atoms with Gasteiger partial charge in [0.25, 0.3) is 0 Å². The van der Waals surface area contributed by atoms with Crippen LogP contribution < -0.4 is 9.64 Å². The van der Waals surface area contributed by atoms with Crippen molar-refractivity contribution in [3.63, 3.8) is 0 Å². The van der Waals surface area contributed by atoms with E-state index in [0.717, 1.165) is 14.8 Å². The molecule has 1 saturated heterocycles. The lowest BCUT2D eigenvalue weighted by Gasteiger charge is -2.36. The van der Waals surface area contributed by atoms with E-state index in [1.54, 1.807) is 42.3 Å². The topological polar surface area (TPSA) is 50.6 Å². The number of ether oxygens (including phenoxy) is 1. The third-order valence-electron chi connectivity index (χ3n) is 5.63. The zero-order valence-corrected chi connectivity index (χ0v) is 20.5. The summed E-state index contributed by atoms with van der Waals surface area (Å²) in [5.74, 6) is 0.388. The smallest absolute Gasteiger partial charge is 0.436 e. The van der Waals surface area contributed by atoms with E-state index in [2.05, 4.69) is 25.9 Å². The number of halogens is 5. The highest BCUT2D eigenvalue weighted by Gasteiger charge is 2.39. The number of carbonyl (C=O) groups is 1. The normalized spacial score (nSPS) is 14.4. The van der Waals surface area contributed by atoms with Gasteiger partial charge in [-0.15, -0.1) is 0 Å². The first-order valence-electron chi connectivity index (χ1n) is 10.4. The van der Waals surface area contributed by atoms with Crippen LogP contribution in [0.25, 0.3) is 11.3 Å². The zero-order valence-electron chi connectivity index (χ0n) is 18.1. The first-order valence-corrected chi connectivity index (χ1v) is 11.6. The third-order valence-corrected chi connectivity index (χ3v) is 6.64. The molecule has 0 saturated carbocycles. The summed E-state index contributed by atoms with van der Waals surface area (Å²) in [4.78, 5) is 16.8. The van der Waals surface area contributed by atoms with E-state index in [1.807, 2.05) is 18.2 Å². The molecule has 11 heteroatoms. The van der Waals surface area contributed by atoms with Gasteiger partial charge < -0.3 is 14.5 Å². The molecule has 2 heterocycles. The molecule has 0 bridgehead atoms. The second-order valence-corrected chi connectivity index (χ2v) is 8.95. The van der Waals surface area contributed by atoms with Crippen LogP contribution in [0.1, 0.15) is 5.69 Å². The Kier molecular flexibility index (Phi) is 7.09. The molecule has 0 radical (unpaired) electrons. The molecule has 0 atom stereocenters. The van der Waals surface area contributed by atoms with Gasteiger partial charge in [-0.3, -0.25) is 9.48 Å². The second-order valence-electron chi connectivity index (χ2n) is 7.72. The van der Waals surface area contributed by atoms with Crippen molar-refractivity contribution in [2.75, 3.05) is 38.2 Å². The van der Waals surface area contributed by atoms with E-state index < -0.39 is 16.9 Å². The van der Waals surface area contributed by atoms with Gasteiger partial charge >= 0.3 is 6.18 Å². The molecule has 1 aliphatic rings. The molecule has 1 fully saturated rings. The van der Waals surface area contributed by atoms with Crippen LogP contribution in [0.2, 0.25) is 5.02 Å². The van der Waals surface area contributed by atoms with Crippen LogP contribution in [-0.2, 0) is 17.5 Å². The average Bonchev–Trinajstić information content (AvgIpc) is 3.16. The van der Waals surface area contributed by atoms with Gasteiger partial charge in [0.2, 0.25) is 5.91 Å². The minimum atomic E-state index is -4.73. The lowest BCUT2D eigenvalue weighted by Crippen LogP contribution is -2.49. The van der Waals surface area contributed by atoms with Gasteiger partial charge in [-0.25, -0.2) is 0 Å². The van der Waals surface area contributed by atoms with E-state index in [9.17, 15) is 18.0 Å².